The number of carbonyl (C=O) groups is 1. The molecule has 0 spiro atoms. The fourth-order valence-electron chi connectivity index (χ4n) is 2.64. The maximum Gasteiger partial charge on any atom is 0.226 e. The molecule has 0 atom stereocenters. The zero-order chi connectivity index (χ0) is 16.9. The van der Waals surface area contributed by atoms with E-state index in [0.29, 0.717) is 6.42 Å². The second-order valence-corrected chi connectivity index (χ2v) is 7.41. The molecule has 0 saturated carbocycles. The summed E-state index contributed by atoms with van der Waals surface area (Å²) < 4.78 is 0. The first-order chi connectivity index (χ1) is 11.2. The van der Waals surface area contributed by atoms with Gasteiger partial charge in [-0.25, -0.2) is 0 Å². The van der Waals surface area contributed by atoms with Crippen molar-refractivity contribution in [2.45, 2.75) is 58.3 Å². The predicted molar refractivity (Wildman–Crippen MR) is 108 cm³/mol. The van der Waals surface area contributed by atoms with Crippen LogP contribution in [0.1, 0.15) is 57.4 Å². The number of aryl methyl sites for hydroxylation is 1. The average molecular weight is 447 g/mol. The van der Waals surface area contributed by atoms with Crippen LogP contribution in [-0.2, 0) is 11.2 Å². The summed E-state index contributed by atoms with van der Waals surface area (Å²) in [6, 6.07) is 8.27. The lowest BCUT2D eigenvalue weighted by atomic mass is 10.0. The third-order valence-electron chi connectivity index (χ3n) is 3.92. The van der Waals surface area contributed by atoms with E-state index in [1.54, 1.807) is 0 Å². The van der Waals surface area contributed by atoms with Gasteiger partial charge < -0.3 is 4.90 Å². The van der Waals surface area contributed by atoms with Crippen molar-refractivity contribution in [2.75, 3.05) is 22.1 Å². The number of fused-ring (bicyclic) bond motifs is 1. The van der Waals surface area contributed by atoms with Gasteiger partial charge in [-0.1, -0.05) is 69.8 Å². The topological polar surface area (TPSA) is 20.3 Å². The van der Waals surface area contributed by atoms with E-state index in [1.165, 1.54) is 30.2 Å². The Morgan fingerprint density at radius 1 is 1.09 bits per heavy atom. The molecule has 1 aromatic carbocycles. The predicted octanol–water partition coefficient (Wildman–Crippen LogP) is 6.10. The Morgan fingerprint density at radius 3 is 2.43 bits per heavy atom. The number of para-hydroxylation sites is 1. The van der Waals surface area contributed by atoms with Crippen LogP contribution in [0.3, 0.4) is 0 Å². The molecule has 130 valence electrons. The van der Waals surface area contributed by atoms with E-state index >= 15 is 0 Å². The highest BCUT2D eigenvalue weighted by Gasteiger charge is 2.21. The van der Waals surface area contributed by atoms with Crippen molar-refractivity contribution in [2.24, 2.45) is 0 Å². The molecule has 0 aliphatic carbocycles. The van der Waals surface area contributed by atoms with Crippen molar-refractivity contribution in [3.05, 3.63) is 29.8 Å². The number of anilines is 1. The Kier molecular flexibility index (Phi) is 11.7. The Morgan fingerprint density at radius 2 is 1.78 bits per heavy atom. The van der Waals surface area contributed by atoms with Crippen LogP contribution >= 0.6 is 31.9 Å². The van der Waals surface area contributed by atoms with E-state index in [9.17, 15) is 4.79 Å². The summed E-state index contributed by atoms with van der Waals surface area (Å²) in [5.74, 6) is 0.276. The van der Waals surface area contributed by atoms with E-state index in [-0.39, 0.29) is 5.91 Å². The monoisotopic (exact) mass is 445 g/mol. The quantitative estimate of drug-likeness (QED) is 0.365. The minimum atomic E-state index is 0.276. The Balaban J connectivity index is 0.000000379. The fraction of sp³-hybridized carbons (Fsp3) is 0.632. The molecule has 0 saturated heterocycles. The van der Waals surface area contributed by atoms with Gasteiger partial charge in [0.05, 0.1) is 0 Å². The summed E-state index contributed by atoms with van der Waals surface area (Å²) in [4.78, 5) is 14.1. The van der Waals surface area contributed by atoms with Gasteiger partial charge in [0.2, 0.25) is 5.91 Å². The number of unbranched alkanes of at least 4 members (excludes halogenated alkanes) is 3. The second kappa shape index (κ2) is 13.0. The molecule has 1 aliphatic rings. The van der Waals surface area contributed by atoms with Gasteiger partial charge >= 0.3 is 0 Å². The molecule has 1 aromatic rings. The van der Waals surface area contributed by atoms with Crippen molar-refractivity contribution in [1.82, 2.24) is 0 Å². The number of nitrogens with zero attached hydrogens (tertiary/aromatic N) is 1. The molecule has 1 aliphatic heterocycles. The molecule has 4 heteroatoms. The lowest BCUT2D eigenvalue weighted by Gasteiger charge is -2.29. The summed E-state index contributed by atoms with van der Waals surface area (Å²) in [6.07, 6.45) is 8.92. The number of hydrogen-bond acceptors (Lipinski definition) is 1. The first-order valence-electron chi connectivity index (χ1n) is 8.74. The van der Waals surface area contributed by atoms with Crippen LogP contribution in [0.4, 0.5) is 5.69 Å². The smallest absolute Gasteiger partial charge is 0.226 e. The standard InChI is InChI=1S/C14H18BrNO.C5H11Br/c15-10-4-3-9-14(17)16-11-5-7-12-6-1-2-8-13(12)16;1-2-3-4-5-6/h1-2,6,8H,3-5,7,9-11H2;2-5H2,1H3. The first kappa shape index (κ1) is 20.7. The van der Waals surface area contributed by atoms with Crippen LogP contribution in [0.5, 0.6) is 0 Å². The minimum Gasteiger partial charge on any atom is -0.312 e. The van der Waals surface area contributed by atoms with E-state index < -0.39 is 0 Å². The number of halogens is 2. The number of amides is 1. The van der Waals surface area contributed by atoms with Gasteiger partial charge in [0, 0.05) is 29.3 Å². The van der Waals surface area contributed by atoms with Crippen LogP contribution in [0.2, 0.25) is 0 Å². The highest BCUT2D eigenvalue weighted by atomic mass is 79.9. The van der Waals surface area contributed by atoms with Gasteiger partial charge in [0.15, 0.2) is 0 Å². The second-order valence-electron chi connectivity index (χ2n) is 5.82. The van der Waals surface area contributed by atoms with E-state index in [4.69, 9.17) is 0 Å². The Labute approximate surface area is 158 Å². The molecule has 2 nitrogen and oxygen atoms in total. The number of rotatable bonds is 7. The first-order valence-corrected chi connectivity index (χ1v) is 11.0. The number of carbonyl (C=O) groups excluding carboxylic acids is 1. The summed E-state index contributed by atoms with van der Waals surface area (Å²) >= 11 is 6.75. The molecule has 0 aromatic heterocycles. The van der Waals surface area contributed by atoms with E-state index in [2.05, 4.69) is 57.0 Å². The molecule has 0 radical (unpaired) electrons. The molecular formula is C19H29Br2NO. The summed E-state index contributed by atoms with van der Waals surface area (Å²) in [5, 5.41) is 2.15. The Hall–Kier alpha value is -0.350. The maximum absolute atomic E-state index is 12.1. The van der Waals surface area contributed by atoms with Gasteiger partial charge in [0.25, 0.3) is 0 Å². The third kappa shape index (κ3) is 7.84. The molecule has 0 fully saturated rings. The lowest BCUT2D eigenvalue weighted by Crippen LogP contribution is -2.35. The molecule has 1 heterocycles. The van der Waals surface area contributed by atoms with Crippen LogP contribution in [0.25, 0.3) is 0 Å². The van der Waals surface area contributed by atoms with Crippen LogP contribution in [0, 0.1) is 0 Å². The zero-order valence-corrected chi connectivity index (χ0v) is 17.4. The van der Waals surface area contributed by atoms with Crippen LogP contribution < -0.4 is 4.90 Å². The van der Waals surface area contributed by atoms with Crippen molar-refractivity contribution >= 4 is 43.5 Å². The molecule has 1 amide bonds. The molecule has 0 unspecified atom stereocenters. The van der Waals surface area contributed by atoms with E-state index in [1.807, 2.05) is 11.0 Å². The molecule has 0 N–H and O–H groups in total. The lowest BCUT2D eigenvalue weighted by molar-refractivity contribution is -0.118. The van der Waals surface area contributed by atoms with Crippen LogP contribution in [0.15, 0.2) is 24.3 Å². The van der Waals surface area contributed by atoms with Crippen molar-refractivity contribution in [1.29, 1.82) is 0 Å². The molecular weight excluding hydrogens is 418 g/mol. The van der Waals surface area contributed by atoms with Crippen LogP contribution in [-0.4, -0.2) is 23.1 Å². The van der Waals surface area contributed by atoms with Gasteiger partial charge in [-0.15, -0.1) is 0 Å². The maximum atomic E-state index is 12.1. The van der Waals surface area contributed by atoms with Gasteiger partial charge in [-0.3, -0.25) is 4.79 Å². The number of alkyl halides is 2. The highest BCUT2D eigenvalue weighted by Crippen LogP contribution is 2.27. The van der Waals surface area contributed by atoms with Gasteiger partial charge in [-0.2, -0.15) is 0 Å². The normalized spacial score (nSPS) is 13.1. The van der Waals surface area contributed by atoms with Gasteiger partial charge in [0.1, 0.15) is 0 Å². The molecule has 0 bridgehead atoms. The van der Waals surface area contributed by atoms with Gasteiger partial charge in [-0.05, 0) is 43.7 Å². The van der Waals surface area contributed by atoms with E-state index in [0.717, 1.165) is 43.2 Å². The number of hydrogen-bond donors (Lipinski definition) is 0. The molecule has 2 rings (SSSR count). The van der Waals surface area contributed by atoms with Crippen molar-refractivity contribution in [3.63, 3.8) is 0 Å². The average Bonchev–Trinajstić information content (AvgIpc) is 2.60. The summed E-state index contributed by atoms with van der Waals surface area (Å²) in [5.41, 5.74) is 2.44. The third-order valence-corrected chi connectivity index (χ3v) is 5.04. The minimum absolute atomic E-state index is 0.276. The van der Waals surface area contributed by atoms with Crippen molar-refractivity contribution < 1.29 is 4.79 Å². The highest BCUT2D eigenvalue weighted by molar-refractivity contribution is 9.09. The van der Waals surface area contributed by atoms with Crippen molar-refractivity contribution in [3.8, 4) is 0 Å². The fourth-order valence-corrected chi connectivity index (χ4v) is 3.44. The zero-order valence-electron chi connectivity index (χ0n) is 14.2. The summed E-state index contributed by atoms with van der Waals surface area (Å²) in [6.45, 7) is 3.09. The Bertz CT molecular complexity index is 447. The molecule has 23 heavy (non-hydrogen) atoms. The largest absolute Gasteiger partial charge is 0.312 e. The summed E-state index contributed by atoms with van der Waals surface area (Å²) in [7, 11) is 0. The SMILES string of the molecule is CCCCCBr.O=C(CCCCBr)N1CCCc2ccccc21. The number of benzene rings is 1.